The van der Waals surface area contributed by atoms with Gasteiger partial charge in [-0.3, -0.25) is 9.59 Å². The number of hydrogen-bond donors (Lipinski definition) is 0. The highest BCUT2D eigenvalue weighted by Gasteiger charge is 2.27. The van der Waals surface area contributed by atoms with Gasteiger partial charge in [0.15, 0.2) is 0 Å². The third-order valence-electron chi connectivity index (χ3n) is 6.43. The number of amides is 2. The number of halogens is 1. The predicted molar refractivity (Wildman–Crippen MR) is 124 cm³/mol. The number of para-hydroxylation sites is 1. The molecule has 6 heteroatoms. The van der Waals surface area contributed by atoms with E-state index in [9.17, 15) is 9.59 Å². The molecular formula is C25H30ClN3O2. The smallest absolute Gasteiger partial charge is 0.222 e. The lowest BCUT2D eigenvalue weighted by Gasteiger charge is -2.37. The summed E-state index contributed by atoms with van der Waals surface area (Å²) in [6.07, 6.45) is 2.77. The Morgan fingerprint density at radius 1 is 0.903 bits per heavy atom. The molecule has 2 heterocycles. The van der Waals surface area contributed by atoms with Crippen LogP contribution in [0.4, 0.5) is 5.69 Å². The van der Waals surface area contributed by atoms with Gasteiger partial charge in [0.1, 0.15) is 0 Å². The van der Waals surface area contributed by atoms with Gasteiger partial charge in [0, 0.05) is 52.1 Å². The minimum absolute atomic E-state index is 0.201. The van der Waals surface area contributed by atoms with E-state index >= 15 is 0 Å². The molecule has 1 atom stereocenters. The maximum absolute atomic E-state index is 12.9. The number of anilines is 1. The van der Waals surface area contributed by atoms with Gasteiger partial charge in [-0.05, 0) is 36.5 Å². The van der Waals surface area contributed by atoms with E-state index in [0.717, 1.165) is 61.8 Å². The van der Waals surface area contributed by atoms with Gasteiger partial charge in [-0.15, -0.1) is 0 Å². The Kier molecular flexibility index (Phi) is 7.13. The van der Waals surface area contributed by atoms with Crippen LogP contribution in [0.2, 0.25) is 5.02 Å². The Labute approximate surface area is 189 Å². The summed E-state index contributed by atoms with van der Waals surface area (Å²) in [6.45, 7) is 4.41. The second-order valence-electron chi connectivity index (χ2n) is 8.52. The zero-order chi connectivity index (χ0) is 21.6. The van der Waals surface area contributed by atoms with E-state index in [1.807, 2.05) is 52.3 Å². The van der Waals surface area contributed by atoms with Crippen molar-refractivity contribution in [2.75, 3.05) is 37.6 Å². The lowest BCUT2D eigenvalue weighted by atomic mass is 9.96. The minimum atomic E-state index is 0.201. The van der Waals surface area contributed by atoms with Gasteiger partial charge in [0.25, 0.3) is 0 Å². The number of likely N-dealkylation sites (tertiary alicyclic amines) is 1. The lowest BCUT2D eigenvalue weighted by Crippen LogP contribution is -2.49. The van der Waals surface area contributed by atoms with Crippen LogP contribution in [0.5, 0.6) is 0 Å². The van der Waals surface area contributed by atoms with Crippen LogP contribution in [0.25, 0.3) is 0 Å². The van der Waals surface area contributed by atoms with Gasteiger partial charge in [0.2, 0.25) is 11.8 Å². The molecule has 0 N–H and O–H groups in total. The van der Waals surface area contributed by atoms with Crippen LogP contribution < -0.4 is 4.90 Å². The highest BCUT2D eigenvalue weighted by molar-refractivity contribution is 6.33. The van der Waals surface area contributed by atoms with E-state index in [1.165, 1.54) is 0 Å². The Bertz CT molecular complexity index is 897. The summed E-state index contributed by atoms with van der Waals surface area (Å²) in [5.74, 6) is 0.693. The molecule has 2 aromatic rings. The predicted octanol–water partition coefficient (Wildman–Crippen LogP) is 4.21. The maximum atomic E-state index is 12.9. The van der Waals surface area contributed by atoms with Crippen molar-refractivity contribution < 1.29 is 9.59 Å². The van der Waals surface area contributed by atoms with Gasteiger partial charge in [-0.2, -0.15) is 0 Å². The summed E-state index contributed by atoms with van der Waals surface area (Å²) in [4.78, 5) is 31.7. The summed E-state index contributed by atoms with van der Waals surface area (Å²) in [5.41, 5.74) is 2.19. The molecule has 0 aromatic heterocycles. The highest BCUT2D eigenvalue weighted by atomic mass is 35.5. The second-order valence-corrected chi connectivity index (χ2v) is 8.92. The normalized spacial score (nSPS) is 20.0. The molecule has 2 aliphatic rings. The number of piperazine rings is 1. The molecule has 0 saturated carbocycles. The van der Waals surface area contributed by atoms with E-state index in [4.69, 9.17) is 11.6 Å². The van der Waals surface area contributed by atoms with Crippen molar-refractivity contribution in [1.29, 1.82) is 0 Å². The van der Waals surface area contributed by atoms with E-state index < -0.39 is 0 Å². The zero-order valence-corrected chi connectivity index (χ0v) is 18.6. The zero-order valence-electron chi connectivity index (χ0n) is 17.9. The molecule has 0 spiro atoms. The van der Waals surface area contributed by atoms with Crippen LogP contribution >= 0.6 is 11.6 Å². The van der Waals surface area contributed by atoms with Gasteiger partial charge >= 0.3 is 0 Å². The Morgan fingerprint density at radius 3 is 2.35 bits per heavy atom. The summed E-state index contributed by atoms with van der Waals surface area (Å²) in [6, 6.07) is 18.0. The molecule has 2 aromatic carbocycles. The number of nitrogens with zero attached hydrogens (tertiary/aromatic N) is 3. The molecule has 0 aliphatic carbocycles. The Morgan fingerprint density at radius 2 is 1.61 bits per heavy atom. The lowest BCUT2D eigenvalue weighted by molar-refractivity contribution is -0.133. The van der Waals surface area contributed by atoms with Crippen molar-refractivity contribution in [3.05, 3.63) is 65.2 Å². The first-order valence-corrected chi connectivity index (χ1v) is 11.6. The summed E-state index contributed by atoms with van der Waals surface area (Å²) in [5, 5.41) is 0.755. The number of benzene rings is 2. The first kappa shape index (κ1) is 21.7. The molecule has 31 heavy (non-hydrogen) atoms. The van der Waals surface area contributed by atoms with Crippen LogP contribution in [0.1, 0.15) is 31.2 Å². The summed E-state index contributed by atoms with van der Waals surface area (Å²) in [7, 11) is 0. The molecule has 4 rings (SSSR count). The van der Waals surface area contributed by atoms with Crippen molar-refractivity contribution in [1.82, 2.24) is 9.80 Å². The van der Waals surface area contributed by atoms with Crippen LogP contribution in [0.15, 0.2) is 54.6 Å². The molecule has 2 fully saturated rings. The van der Waals surface area contributed by atoms with Crippen molar-refractivity contribution in [3.8, 4) is 0 Å². The number of carbonyl (C=O) groups is 2. The van der Waals surface area contributed by atoms with Crippen LogP contribution in [-0.4, -0.2) is 54.3 Å². The average molecular weight is 440 g/mol. The number of rotatable bonds is 5. The fraction of sp³-hybridized carbons (Fsp3) is 0.440. The molecule has 2 saturated heterocycles. The number of hydrogen-bond acceptors (Lipinski definition) is 3. The monoisotopic (exact) mass is 439 g/mol. The van der Waals surface area contributed by atoms with Gasteiger partial charge in [-0.1, -0.05) is 54.1 Å². The first-order chi connectivity index (χ1) is 15.1. The minimum Gasteiger partial charge on any atom is -0.367 e. The fourth-order valence-electron chi connectivity index (χ4n) is 4.55. The van der Waals surface area contributed by atoms with Crippen LogP contribution in [0, 0.1) is 5.92 Å². The molecule has 164 valence electrons. The second kappa shape index (κ2) is 10.2. The van der Waals surface area contributed by atoms with Gasteiger partial charge in [0.05, 0.1) is 10.7 Å². The number of carbonyl (C=O) groups excluding carboxylic acids is 2. The average Bonchev–Trinajstić information content (AvgIpc) is 2.97. The molecule has 2 amide bonds. The SMILES string of the molecule is O=C(CC1CCC(=O)N(Cc2ccccc2)CC1)N1CCN(c2ccccc2Cl)CC1. The fourth-order valence-corrected chi connectivity index (χ4v) is 4.80. The maximum Gasteiger partial charge on any atom is 0.222 e. The van der Waals surface area contributed by atoms with E-state index in [0.29, 0.717) is 19.4 Å². The molecule has 0 radical (unpaired) electrons. The van der Waals surface area contributed by atoms with E-state index in [2.05, 4.69) is 17.0 Å². The third-order valence-corrected chi connectivity index (χ3v) is 6.75. The van der Waals surface area contributed by atoms with Gasteiger partial charge in [-0.25, -0.2) is 0 Å². The molecule has 5 nitrogen and oxygen atoms in total. The summed E-state index contributed by atoms with van der Waals surface area (Å²) >= 11 is 6.32. The van der Waals surface area contributed by atoms with Crippen LogP contribution in [-0.2, 0) is 16.1 Å². The van der Waals surface area contributed by atoms with Crippen molar-refractivity contribution in [2.24, 2.45) is 5.92 Å². The summed E-state index contributed by atoms with van der Waals surface area (Å²) < 4.78 is 0. The molecule has 1 unspecified atom stereocenters. The highest BCUT2D eigenvalue weighted by Crippen LogP contribution is 2.27. The largest absolute Gasteiger partial charge is 0.367 e. The van der Waals surface area contributed by atoms with Crippen molar-refractivity contribution in [3.63, 3.8) is 0 Å². The van der Waals surface area contributed by atoms with Crippen molar-refractivity contribution >= 4 is 29.1 Å². The van der Waals surface area contributed by atoms with Gasteiger partial charge < -0.3 is 14.7 Å². The Balaban J connectivity index is 1.26. The van der Waals surface area contributed by atoms with E-state index in [-0.39, 0.29) is 17.7 Å². The standard InChI is InChI=1S/C25H30ClN3O2/c26-22-8-4-5-9-23(22)27-14-16-28(17-15-27)25(31)18-20-10-11-24(30)29(13-12-20)19-21-6-2-1-3-7-21/h1-9,20H,10-19H2. The third kappa shape index (κ3) is 5.59. The van der Waals surface area contributed by atoms with Crippen LogP contribution in [0.3, 0.4) is 0 Å². The molecule has 0 bridgehead atoms. The van der Waals surface area contributed by atoms with E-state index in [1.54, 1.807) is 0 Å². The molecular weight excluding hydrogens is 410 g/mol. The topological polar surface area (TPSA) is 43.9 Å². The molecule has 2 aliphatic heterocycles. The Hall–Kier alpha value is -2.53. The quantitative estimate of drug-likeness (QED) is 0.701. The first-order valence-electron chi connectivity index (χ1n) is 11.2. The van der Waals surface area contributed by atoms with Crippen molar-refractivity contribution in [2.45, 2.75) is 32.2 Å².